The van der Waals surface area contributed by atoms with Gasteiger partial charge in [0.25, 0.3) is 5.91 Å². The first-order chi connectivity index (χ1) is 11.9. The quantitative estimate of drug-likeness (QED) is 0.620. The van der Waals surface area contributed by atoms with Gasteiger partial charge in [-0.15, -0.1) is 0 Å². The van der Waals surface area contributed by atoms with E-state index in [4.69, 9.17) is 4.74 Å². The van der Waals surface area contributed by atoms with E-state index in [-0.39, 0.29) is 31.0 Å². The summed E-state index contributed by atoms with van der Waals surface area (Å²) in [4.78, 5) is 26.2. The molecule has 1 aliphatic heterocycles. The van der Waals surface area contributed by atoms with Crippen LogP contribution in [0.5, 0.6) is 0 Å². The van der Waals surface area contributed by atoms with Crippen molar-refractivity contribution in [1.29, 1.82) is 0 Å². The van der Waals surface area contributed by atoms with Crippen molar-refractivity contribution in [2.24, 2.45) is 5.41 Å². The first-order valence-electron chi connectivity index (χ1n) is 8.24. The lowest BCUT2D eigenvalue weighted by atomic mass is 9.75. The number of halogens is 2. The van der Waals surface area contributed by atoms with Gasteiger partial charge in [0.15, 0.2) is 0 Å². The Morgan fingerprint density at radius 1 is 1.36 bits per heavy atom. The van der Waals surface area contributed by atoms with Crippen molar-refractivity contribution in [3.8, 4) is 11.8 Å². The average molecular weight is 349 g/mol. The third kappa shape index (κ3) is 4.36. The average Bonchev–Trinajstić information content (AvgIpc) is 2.58. The fourth-order valence-electron chi connectivity index (χ4n) is 3.19. The van der Waals surface area contributed by atoms with E-state index in [0.29, 0.717) is 19.4 Å². The van der Waals surface area contributed by atoms with Crippen LogP contribution in [0.15, 0.2) is 18.2 Å². The second-order valence-electron chi connectivity index (χ2n) is 6.12. The van der Waals surface area contributed by atoms with Gasteiger partial charge in [0.2, 0.25) is 0 Å². The van der Waals surface area contributed by atoms with E-state index >= 15 is 0 Å². The number of nitrogens with zero attached hydrogens (tertiary/aromatic N) is 1. The maximum Gasteiger partial charge on any atom is 0.314 e. The summed E-state index contributed by atoms with van der Waals surface area (Å²) in [5.74, 6) is 2.80. The number of likely N-dealkylation sites (tertiary alicyclic amines) is 1. The van der Waals surface area contributed by atoms with E-state index in [0.717, 1.165) is 12.1 Å². The Hall–Kier alpha value is -2.42. The molecule has 25 heavy (non-hydrogen) atoms. The van der Waals surface area contributed by atoms with E-state index in [9.17, 15) is 18.4 Å². The number of benzene rings is 1. The van der Waals surface area contributed by atoms with Crippen LogP contribution in [0.4, 0.5) is 8.78 Å². The Bertz CT molecular complexity index is 723. The number of carbonyl (C=O) groups excluding carboxylic acids is 2. The fraction of sp³-hybridized carbons (Fsp3) is 0.474. The summed E-state index contributed by atoms with van der Waals surface area (Å²) in [5, 5.41) is 0. The molecule has 2 rings (SSSR count). The van der Waals surface area contributed by atoms with Crippen LogP contribution >= 0.6 is 0 Å². The van der Waals surface area contributed by atoms with Gasteiger partial charge >= 0.3 is 5.97 Å². The summed E-state index contributed by atoms with van der Waals surface area (Å²) >= 11 is 0. The lowest BCUT2D eigenvalue weighted by molar-refractivity contribution is -0.160. The molecule has 0 saturated carbocycles. The van der Waals surface area contributed by atoms with Gasteiger partial charge in [0.1, 0.15) is 11.6 Å². The SMILES string of the molecule is CC#CC(=O)N1CCC[C@@](Cc2ccc(F)cc2F)(C(=O)OCC)C1. The first-order valence-corrected chi connectivity index (χ1v) is 8.24. The third-order valence-electron chi connectivity index (χ3n) is 4.35. The molecule has 1 aromatic carbocycles. The van der Waals surface area contributed by atoms with Gasteiger partial charge in [-0.1, -0.05) is 12.0 Å². The molecule has 1 aromatic rings. The van der Waals surface area contributed by atoms with Crippen LogP contribution in [-0.2, 0) is 20.7 Å². The van der Waals surface area contributed by atoms with Crippen molar-refractivity contribution in [3.63, 3.8) is 0 Å². The molecule has 0 aliphatic carbocycles. The molecule has 1 saturated heterocycles. The van der Waals surface area contributed by atoms with Gasteiger partial charge in [-0.25, -0.2) is 8.78 Å². The summed E-state index contributed by atoms with van der Waals surface area (Å²) in [7, 11) is 0. The molecule has 0 unspecified atom stereocenters. The van der Waals surface area contributed by atoms with E-state index in [1.807, 2.05) is 0 Å². The number of amides is 1. The Labute approximate surface area is 146 Å². The zero-order valence-corrected chi connectivity index (χ0v) is 14.4. The number of esters is 1. The number of hydrogen-bond donors (Lipinski definition) is 0. The second-order valence-corrected chi connectivity index (χ2v) is 6.12. The lowest BCUT2D eigenvalue weighted by Crippen LogP contribution is -2.51. The predicted octanol–water partition coefficient (Wildman–Crippen LogP) is 2.70. The normalized spacial score (nSPS) is 19.8. The molecular weight excluding hydrogens is 328 g/mol. The first kappa shape index (κ1) is 18.9. The van der Waals surface area contributed by atoms with E-state index in [2.05, 4.69) is 11.8 Å². The van der Waals surface area contributed by atoms with Crippen molar-refractivity contribution in [1.82, 2.24) is 4.90 Å². The second kappa shape index (κ2) is 8.11. The van der Waals surface area contributed by atoms with Crippen LogP contribution in [0.2, 0.25) is 0 Å². The molecule has 0 radical (unpaired) electrons. The van der Waals surface area contributed by atoms with Crippen molar-refractivity contribution < 1.29 is 23.1 Å². The summed E-state index contributed by atoms with van der Waals surface area (Å²) in [6.45, 7) is 4.04. The van der Waals surface area contributed by atoms with Crippen LogP contribution in [0.1, 0.15) is 32.3 Å². The molecule has 0 aromatic heterocycles. The zero-order valence-electron chi connectivity index (χ0n) is 14.4. The predicted molar refractivity (Wildman–Crippen MR) is 88.4 cm³/mol. The molecule has 1 aliphatic rings. The van der Waals surface area contributed by atoms with Gasteiger partial charge in [-0.05, 0) is 50.7 Å². The maximum atomic E-state index is 14.1. The van der Waals surface area contributed by atoms with Gasteiger partial charge in [-0.3, -0.25) is 9.59 Å². The highest BCUT2D eigenvalue weighted by Crippen LogP contribution is 2.36. The topological polar surface area (TPSA) is 46.6 Å². The molecule has 6 heteroatoms. The monoisotopic (exact) mass is 349 g/mol. The number of ether oxygens (including phenoxy) is 1. The Morgan fingerprint density at radius 3 is 2.76 bits per heavy atom. The molecule has 0 spiro atoms. The Balaban J connectivity index is 2.34. The van der Waals surface area contributed by atoms with E-state index < -0.39 is 23.0 Å². The van der Waals surface area contributed by atoms with Crippen LogP contribution in [-0.4, -0.2) is 36.5 Å². The van der Waals surface area contributed by atoms with Crippen LogP contribution in [0, 0.1) is 28.9 Å². The number of hydrogen-bond acceptors (Lipinski definition) is 3. The third-order valence-corrected chi connectivity index (χ3v) is 4.35. The molecule has 1 atom stereocenters. The van der Waals surface area contributed by atoms with Crippen molar-refractivity contribution in [2.75, 3.05) is 19.7 Å². The minimum absolute atomic E-state index is 0.0429. The fourth-order valence-corrected chi connectivity index (χ4v) is 3.19. The van der Waals surface area contributed by atoms with E-state index in [1.165, 1.54) is 11.0 Å². The Kier molecular flexibility index (Phi) is 6.13. The van der Waals surface area contributed by atoms with Gasteiger partial charge in [0, 0.05) is 19.2 Å². The minimum atomic E-state index is -1.06. The number of piperidine rings is 1. The number of carbonyl (C=O) groups is 2. The van der Waals surface area contributed by atoms with Crippen LogP contribution in [0.3, 0.4) is 0 Å². The summed E-state index contributed by atoms with van der Waals surface area (Å²) in [5.41, 5.74) is -0.830. The molecule has 1 amide bonds. The highest BCUT2D eigenvalue weighted by molar-refractivity contribution is 5.94. The molecule has 134 valence electrons. The molecule has 0 N–H and O–H groups in total. The van der Waals surface area contributed by atoms with Crippen molar-refractivity contribution in [2.45, 2.75) is 33.1 Å². The molecule has 1 fully saturated rings. The van der Waals surface area contributed by atoms with Crippen molar-refractivity contribution in [3.05, 3.63) is 35.4 Å². The van der Waals surface area contributed by atoms with Crippen LogP contribution in [0.25, 0.3) is 0 Å². The highest BCUT2D eigenvalue weighted by Gasteiger charge is 2.45. The van der Waals surface area contributed by atoms with Crippen LogP contribution < -0.4 is 0 Å². The number of rotatable bonds is 4. The summed E-state index contributed by atoms with van der Waals surface area (Å²) in [6, 6.07) is 3.28. The largest absolute Gasteiger partial charge is 0.466 e. The van der Waals surface area contributed by atoms with E-state index in [1.54, 1.807) is 13.8 Å². The van der Waals surface area contributed by atoms with Gasteiger partial charge in [0.05, 0.1) is 12.0 Å². The van der Waals surface area contributed by atoms with Gasteiger partial charge < -0.3 is 9.64 Å². The maximum absolute atomic E-state index is 14.1. The molecule has 0 bridgehead atoms. The minimum Gasteiger partial charge on any atom is -0.466 e. The summed E-state index contributed by atoms with van der Waals surface area (Å²) < 4.78 is 32.5. The Morgan fingerprint density at radius 2 is 2.12 bits per heavy atom. The van der Waals surface area contributed by atoms with Crippen molar-refractivity contribution >= 4 is 11.9 Å². The van der Waals surface area contributed by atoms with Gasteiger partial charge in [-0.2, -0.15) is 0 Å². The molecular formula is C19H21F2NO3. The molecule has 1 heterocycles. The smallest absolute Gasteiger partial charge is 0.314 e. The standard InChI is InChI=1S/C19H21F2NO3/c1-3-6-17(23)22-10-5-9-19(13-22,18(24)25-4-2)12-14-7-8-15(20)11-16(14)21/h7-8,11H,4-5,9-10,12-13H2,1-2H3/t19-/m0/s1. The zero-order chi connectivity index (χ0) is 18.4. The summed E-state index contributed by atoms with van der Waals surface area (Å²) in [6.07, 6.45) is 1.09. The highest BCUT2D eigenvalue weighted by atomic mass is 19.1. The lowest BCUT2D eigenvalue weighted by Gasteiger charge is -2.40. The molecule has 4 nitrogen and oxygen atoms in total.